The van der Waals surface area contributed by atoms with Gasteiger partial charge in [0.2, 0.25) is 0 Å². The Hall–Kier alpha value is -2.67. The average molecular weight is 271 g/mol. The first-order valence-corrected chi connectivity index (χ1v) is 6.92. The molecule has 0 aliphatic rings. The van der Waals surface area contributed by atoms with Crippen molar-refractivity contribution in [1.82, 2.24) is 0 Å². The Morgan fingerprint density at radius 3 is 1.43 bits per heavy atom. The van der Waals surface area contributed by atoms with Crippen LogP contribution in [0.4, 0.5) is 0 Å². The molecule has 0 spiro atoms. The van der Waals surface area contributed by atoms with E-state index in [0.29, 0.717) is 5.56 Å². The zero-order chi connectivity index (χ0) is 14.5. The first-order chi connectivity index (χ1) is 10.4. The fourth-order valence-electron chi connectivity index (χ4n) is 2.44. The van der Waals surface area contributed by atoms with Crippen LogP contribution in [-0.2, 0) is 0 Å². The van der Waals surface area contributed by atoms with Crippen molar-refractivity contribution in [1.29, 1.82) is 0 Å². The van der Waals surface area contributed by atoms with Crippen LogP contribution in [0, 0.1) is 5.92 Å². The molecule has 101 valence electrons. The maximum Gasteiger partial charge on any atom is 0.150 e. The number of carbonyl (C=O) groups is 1. The lowest BCUT2D eigenvalue weighted by atomic mass is 9.85. The summed E-state index contributed by atoms with van der Waals surface area (Å²) in [5, 5.41) is 0. The molecule has 0 aromatic heterocycles. The lowest BCUT2D eigenvalue weighted by Gasteiger charge is -2.18. The van der Waals surface area contributed by atoms with Gasteiger partial charge in [-0.15, -0.1) is 0 Å². The van der Waals surface area contributed by atoms with Crippen molar-refractivity contribution in [2.24, 2.45) is 0 Å². The van der Waals surface area contributed by atoms with Gasteiger partial charge >= 0.3 is 0 Å². The minimum atomic E-state index is 0.694. The fraction of sp³-hybridized carbons (Fsp3) is 0. The monoisotopic (exact) mass is 271 g/mol. The van der Waals surface area contributed by atoms with E-state index in [-0.39, 0.29) is 0 Å². The van der Waals surface area contributed by atoms with Crippen LogP contribution in [0.1, 0.15) is 27.0 Å². The van der Waals surface area contributed by atoms with Gasteiger partial charge in [-0.2, -0.15) is 0 Å². The Morgan fingerprint density at radius 1 is 0.571 bits per heavy atom. The summed E-state index contributed by atoms with van der Waals surface area (Å²) in [5.74, 6) is 1.17. The van der Waals surface area contributed by atoms with E-state index in [4.69, 9.17) is 0 Å². The van der Waals surface area contributed by atoms with Crippen LogP contribution in [0.15, 0.2) is 84.9 Å². The molecule has 3 aromatic rings. The molecule has 0 aliphatic carbocycles. The van der Waals surface area contributed by atoms with E-state index in [1.807, 2.05) is 60.7 Å². The molecule has 1 nitrogen and oxygen atoms in total. The van der Waals surface area contributed by atoms with Gasteiger partial charge in [0.05, 0.1) is 5.92 Å². The average Bonchev–Trinajstić information content (AvgIpc) is 2.58. The lowest BCUT2D eigenvalue weighted by Crippen LogP contribution is -2.04. The summed E-state index contributed by atoms with van der Waals surface area (Å²) in [6.07, 6.45) is 0.870. The van der Waals surface area contributed by atoms with Crippen LogP contribution < -0.4 is 0 Å². The molecule has 0 bridgehead atoms. The Morgan fingerprint density at radius 2 is 1.00 bits per heavy atom. The van der Waals surface area contributed by atoms with Gasteiger partial charge in [0.1, 0.15) is 6.29 Å². The van der Waals surface area contributed by atoms with Gasteiger partial charge in [-0.05, 0) is 16.7 Å². The van der Waals surface area contributed by atoms with Gasteiger partial charge in [-0.25, -0.2) is 0 Å². The van der Waals surface area contributed by atoms with E-state index in [0.717, 1.165) is 11.8 Å². The molecule has 3 rings (SSSR count). The highest BCUT2D eigenvalue weighted by atomic mass is 16.1. The van der Waals surface area contributed by atoms with Gasteiger partial charge in [0, 0.05) is 5.56 Å². The molecule has 1 heteroatoms. The SMILES string of the molecule is O=Cc1ccc([C](c2ccccc2)c2ccccc2)cc1. The normalized spacial score (nSPS) is 10.5. The topological polar surface area (TPSA) is 17.1 Å². The van der Waals surface area contributed by atoms with Crippen LogP contribution in [0.5, 0.6) is 0 Å². The fourth-order valence-corrected chi connectivity index (χ4v) is 2.44. The summed E-state index contributed by atoms with van der Waals surface area (Å²) in [6.45, 7) is 0. The van der Waals surface area contributed by atoms with Crippen molar-refractivity contribution in [2.75, 3.05) is 0 Å². The van der Waals surface area contributed by atoms with Crippen LogP contribution in [0.3, 0.4) is 0 Å². The Labute approximate surface area is 124 Å². The maximum absolute atomic E-state index is 10.8. The molecule has 0 amide bonds. The smallest absolute Gasteiger partial charge is 0.150 e. The van der Waals surface area contributed by atoms with Crippen LogP contribution >= 0.6 is 0 Å². The molecule has 0 saturated heterocycles. The zero-order valence-electron chi connectivity index (χ0n) is 11.6. The van der Waals surface area contributed by atoms with E-state index in [1.54, 1.807) is 0 Å². The van der Waals surface area contributed by atoms with Crippen molar-refractivity contribution < 1.29 is 4.79 Å². The van der Waals surface area contributed by atoms with Gasteiger partial charge in [-0.1, -0.05) is 84.9 Å². The molecule has 0 unspecified atom stereocenters. The first-order valence-electron chi connectivity index (χ1n) is 6.92. The molecule has 1 radical (unpaired) electrons. The van der Waals surface area contributed by atoms with Crippen LogP contribution in [-0.4, -0.2) is 6.29 Å². The van der Waals surface area contributed by atoms with E-state index in [9.17, 15) is 4.79 Å². The number of benzene rings is 3. The third-order valence-corrected chi connectivity index (χ3v) is 3.46. The second-order valence-corrected chi connectivity index (χ2v) is 4.85. The van der Waals surface area contributed by atoms with E-state index in [1.165, 1.54) is 17.0 Å². The number of aldehydes is 1. The molecule has 0 N–H and O–H groups in total. The van der Waals surface area contributed by atoms with Gasteiger partial charge in [0.15, 0.2) is 0 Å². The number of rotatable bonds is 4. The standard InChI is InChI=1S/C20H15O/c21-15-16-11-13-19(14-12-16)20(17-7-3-1-4-8-17)18-9-5-2-6-10-18/h1-15H. The second kappa shape index (κ2) is 6.19. The summed E-state index contributed by atoms with van der Waals surface area (Å²) in [5.41, 5.74) is 4.14. The quantitative estimate of drug-likeness (QED) is 0.503. The van der Waals surface area contributed by atoms with Crippen molar-refractivity contribution in [2.45, 2.75) is 0 Å². The van der Waals surface area contributed by atoms with Crippen LogP contribution in [0.25, 0.3) is 0 Å². The summed E-state index contributed by atoms with van der Waals surface area (Å²) < 4.78 is 0. The molecule has 0 heterocycles. The maximum atomic E-state index is 10.8. The molecule has 21 heavy (non-hydrogen) atoms. The summed E-state index contributed by atoms with van der Waals surface area (Å²) in [6, 6.07) is 28.3. The Balaban J connectivity index is 2.09. The van der Waals surface area contributed by atoms with Gasteiger partial charge in [-0.3, -0.25) is 4.79 Å². The Kier molecular flexibility index (Phi) is 3.92. The highest BCUT2D eigenvalue weighted by Gasteiger charge is 2.16. The third kappa shape index (κ3) is 2.92. The summed E-state index contributed by atoms with van der Waals surface area (Å²) in [4.78, 5) is 10.8. The number of carbonyl (C=O) groups excluding carboxylic acids is 1. The Bertz CT molecular complexity index is 660. The molecule has 3 aromatic carbocycles. The highest BCUT2D eigenvalue weighted by molar-refractivity contribution is 5.75. The lowest BCUT2D eigenvalue weighted by molar-refractivity contribution is 0.112. The highest BCUT2D eigenvalue weighted by Crippen LogP contribution is 2.30. The summed E-state index contributed by atoms with van der Waals surface area (Å²) in [7, 11) is 0. The van der Waals surface area contributed by atoms with Gasteiger partial charge in [0.25, 0.3) is 0 Å². The van der Waals surface area contributed by atoms with Crippen molar-refractivity contribution in [3.05, 3.63) is 113 Å². The minimum absolute atomic E-state index is 0.694. The minimum Gasteiger partial charge on any atom is -0.298 e. The predicted molar refractivity (Wildman–Crippen MR) is 85.3 cm³/mol. The molecule has 0 aliphatic heterocycles. The van der Waals surface area contributed by atoms with Crippen LogP contribution in [0.2, 0.25) is 0 Å². The molecule has 0 saturated carbocycles. The third-order valence-electron chi connectivity index (χ3n) is 3.46. The van der Waals surface area contributed by atoms with E-state index < -0.39 is 0 Å². The van der Waals surface area contributed by atoms with Crippen molar-refractivity contribution in [3.8, 4) is 0 Å². The molecule has 0 fully saturated rings. The first kappa shape index (κ1) is 13.3. The van der Waals surface area contributed by atoms with Gasteiger partial charge < -0.3 is 0 Å². The second-order valence-electron chi connectivity index (χ2n) is 4.85. The molecular formula is C20H15O. The molecule has 0 atom stereocenters. The largest absolute Gasteiger partial charge is 0.298 e. The van der Waals surface area contributed by atoms with E-state index >= 15 is 0 Å². The number of hydrogen-bond acceptors (Lipinski definition) is 1. The van der Waals surface area contributed by atoms with Crippen molar-refractivity contribution in [3.63, 3.8) is 0 Å². The zero-order valence-corrected chi connectivity index (χ0v) is 11.6. The number of hydrogen-bond donors (Lipinski definition) is 0. The van der Waals surface area contributed by atoms with Crippen molar-refractivity contribution >= 4 is 6.29 Å². The van der Waals surface area contributed by atoms with E-state index in [2.05, 4.69) is 24.3 Å². The predicted octanol–water partition coefficient (Wildman–Crippen LogP) is 4.52. The summed E-state index contributed by atoms with van der Waals surface area (Å²) >= 11 is 0. The molecular weight excluding hydrogens is 256 g/mol.